The number of piperidine rings is 1. The van der Waals surface area contributed by atoms with Crippen molar-refractivity contribution in [3.63, 3.8) is 0 Å². The number of likely N-dealkylation sites (tertiary alicyclic amines) is 1. The predicted octanol–water partition coefficient (Wildman–Crippen LogP) is 0.777. The Morgan fingerprint density at radius 2 is 2.29 bits per heavy atom. The summed E-state index contributed by atoms with van der Waals surface area (Å²) < 4.78 is 5.40. The second-order valence-electron chi connectivity index (χ2n) is 5.47. The van der Waals surface area contributed by atoms with Crippen molar-refractivity contribution < 1.29 is 4.42 Å². The van der Waals surface area contributed by atoms with Gasteiger partial charge in [0.25, 0.3) is 0 Å². The molecule has 0 atom stereocenters. The molecule has 0 bridgehead atoms. The first-order valence-electron chi connectivity index (χ1n) is 7.44. The zero-order chi connectivity index (χ0) is 14.5. The van der Waals surface area contributed by atoms with Gasteiger partial charge in [-0.1, -0.05) is 0 Å². The van der Waals surface area contributed by atoms with Gasteiger partial charge in [-0.2, -0.15) is 4.98 Å². The first-order chi connectivity index (χ1) is 10.3. The molecule has 2 aromatic rings. The maximum absolute atomic E-state index is 5.48. The van der Waals surface area contributed by atoms with Crippen molar-refractivity contribution in [2.75, 3.05) is 25.4 Å². The molecule has 1 aliphatic heterocycles. The van der Waals surface area contributed by atoms with E-state index >= 15 is 0 Å². The third-order valence-electron chi connectivity index (χ3n) is 3.89. The molecule has 0 saturated carbocycles. The van der Waals surface area contributed by atoms with E-state index in [1.165, 1.54) is 12.8 Å². The molecule has 0 radical (unpaired) electrons. The second-order valence-corrected chi connectivity index (χ2v) is 5.47. The molecule has 1 aliphatic rings. The van der Waals surface area contributed by atoms with Crippen LogP contribution in [-0.4, -0.2) is 45.8 Å². The summed E-state index contributed by atoms with van der Waals surface area (Å²) >= 11 is 0. The molecule has 2 aromatic heterocycles. The summed E-state index contributed by atoms with van der Waals surface area (Å²) in [6, 6.07) is 4.56. The molecular formula is C14H22N6O. The summed E-state index contributed by atoms with van der Waals surface area (Å²) in [6.07, 6.45) is 4.90. The lowest BCUT2D eigenvalue weighted by atomic mass is 10.0. The monoisotopic (exact) mass is 290 g/mol. The Morgan fingerprint density at radius 1 is 1.43 bits per heavy atom. The highest BCUT2D eigenvalue weighted by atomic mass is 16.3. The fourth-order valence-electron chi connectivity index (χ4n) is 2.73. The number of nitrogens with one attached hydrogen (secondary N) is 2. The number of furan rings is 1. The number of hydrogen-bond donors (Lipinski definition) is 3. The Hall–Kier alpha value is -1.86. The van der Waals surface area contributed by atoms with E-state index in [9.17, 15) is 0 Å². The average Bonchev–Trinajstić information content (AvgIpc) is 3.13. The molecule has 3 heterocycles. The van der Waals surface area contributed by atoms with Crippen LogP contribution in [0, 0.1) is 0 Å². The van der Waals surface area contributed by atoms with Crippen molar-refractivity contribution in [3.05, 3.63) is 30.0 Å². The number of nitrogens with two attached hydrogens (primary N) is 1. The van der Waals surface area contributed by atoms with Gasteiger partial charge in [-0.25, -0.2) is 0 Å². The smallest absolute Gasteiger partial charge is 0.239 e. The molecule has 3 rings (SSSR count). The average molecular weight is 290 g/mol. The van der Waals surface area contributed by atoms with Gasteiger partial charge in [0.1, 0.15) is 11.6 Å². The minimum Gasteiger partial charge on any atom is -0.468 e. The highest BCUT2D eigenvalue weighted by Crippen LogP contribution is 2.14. The molecule has 0 aromatic carbocycles. The largest absolute Gasteiger partial charge is 0.468 e. The van der Waals surface area contributed by atoms with Crippen molar-refractivity contribution in [1.82, 2.24) is 25.4 Å². The molecule has 0 amide bonds. The Morgan fingerprint density at radius 3 is 2.95 bits per heavy atom. The fourth-order valence-corrected chi connectivity index (χ4v) is 2.73. The van der Waals surface area contributed by atoms with Crippen molar-refractivity contribution in [1.29, 1.82) is 0 Å². The number of rotatable bonds is 6. The lowest BCUT2D eigenvalue weighted by Crippen LogP contribution is -2.42. The minimum atomic E-state index is 0.316. The summed E-state index contributed by atoms with van der Waals surface area (Å²) in [5.74, 6) is 2.20. The van der Waals surface area contributed by atoms with Gasteiger partial charge in [-0.3, -0.25) is 10.00 Å². The summed E-state index contributed by atoms with van der Waals surface area (Å²) in [5, 5.41) is 10.2. The zero-order valence-electron chi connectivity index (χ0n) is 12.1. The number of anilines is 1. The van der Waals surface area contributed by atoms with E-state index in [1.54, 1.807) is 6.26 Å². The molecule has 21 heavy (non-hydrogen) atoms. The molecule has 0 spiro atoms. The first-order valence-corrected chi connectivity index (χ1v) is 7.44. The Bertz CT molecular complexity index is 529. The number of hydrogen-bond acceptors (Lipinski definition) is 6. The van der Waals surface area contributed by atoms with E-state index in [0.29, 0.717) is 12.0 Å². The minimum absolute atomic E-state index is 0.316. The molecule has 7 nitrogen and oxygen atoms in total. The molecule has 4 N–H and O–H groups in total. The number of nitrogen functional groups attached to an aromatic ring is 1. The quantitative estimate of drug-likeness (QED) is 0.727. The van der Waals surface area contributed by atoms with Gasteiger partial charge in [0.15, 0.2) is 0 Å². The van der Waals surface area contributed by atoms with E-state index in [-0.39, 0.29) is 0 Å². The van der Waals surface area contributed by atoms with E-state index < -0.39 is 0 Å². The predicted molar refractivity (Wildman–Crippen MR) is 79.5 cm³/mol. The maximum atomic E-state index is 5.48. The van der Waals surface area contributed by atoms with Gasteiger partial charge < -0.3 is 15.5 Å². The topological polar surface area (TPSA) is 96.0 Å². The fraction of sp³-hybridized carbons (Fsp3) is 0.571. The van der Waals surface area contributed by atoms with Gasteiger partial charge in [-0.05, 0) is 25.0 Å². The van der Waals surface area contributed by atoms with Crippen LogP contribution in [-0.2, 0) is 13.0 Å². The summed E-state index contributed by atoms with van der Waals surface area (Å²) in [6.45, 7) is 4.02. The number of aromatic nitrogens is 3. The number of H-pyrrole nitrogens is 1. The van der Waals surface area contributed by atoms with Crippen molar-refractivity contribution in [2.24, 2.45) is 0 Å². The number of aromatic amines is 1. The molecule has 1 fully saturated rings. The van der Waals surface area contributed by atoms with Crippen LogP contribution in [0.25, 0.3) is 0 Å². The van der Waals surface area contributed by atoms with E-state index in [4.69, 9.17) is 10.2 Å². The third kappa shape index (κ3) is 4.05. The summed E-state index contributed by atoms with van der Waals surface area (Å²) in [5.41, 5.74) is 5.48. The van der Waals surface area contributed by atoms with Crippen molar-refractivity contribution in [3.8, 4) is 0 Å². The van der Waals surface area contributed by atoms with Crippen molar-refractivity contribution >= 4 is 5.95 Å². The van der Waals surface area contributed by atoms with Crippen LogP contribution in [0.15, 0.2) is 22.8 Å². The molecule has 114 valence electrons. The highest BCUT2D eigenvalue weighted by molar-refractivity contribution is 5.12. The van der Waals surface area contributed by atoms with Gasteiger partial charge in [0, 0.05) is 32.1 Å². The second kappa shape index (κ2) is 6.73. The molecular weight excluding hydrogens is 268 g/mol. The van der Waals surface area contributed by atoms with Gasteiger partial charge in [-0.15, -0.1) is 5.10 Å². The van der Waals surface area contributed by atoms with Crippen LogP contribution >= 0.6 is 0 Å². The van der Waals surface area contributed by atoms with Gasteiger partial charge in [0.2, 0.25) is 5.95 Å². The van der Waals surface area contributed by atoms with Crippen LogP contribution in [0.3, 0.4) is 0 Å². The zero-order valence-corrected chi connectivity index (χ0v) is 12.1. The highest BCUT2D eigenvalue weighted by Gasteiger charge is 2.19. The maximum Gasteiger partial charge on any atom is 0.239 e. The van der Waals surface area contributed by atoms with Gasteiger partial charge in [0.05, 0.1) is 12.8 Å². The van der Waals surface area contributed by atoms with Crippen LogP contribution in [0.4, 0.5) is 5.95 Å². The summed E-state index contributed by atoms with van der Waals surface area (Å²) in [7, 11) is 0. The Labute approximate surface area is 123 Å². The molecule has 1 saturated heterocycles. The standard InChI is InChI=1S/C14H22N6O/c15-14-17-13(18-19-14)3-6-16-11-4-7-20(8-5-11)10-12-2-1-9-21-12/h1-2,9,11,16H,3-8,10H2,(H3,15,17,18,19). The van der Waals surface area contributed by atoms with Crippen LogP contribution in [0.5, 0.6) is 0 Å². The molecule has 0 unspecified atom stereocenters. The van der Waals surface area contributed by atoms with Gasteiger partial charge >= 0.3 is 0 Å². The van der Waals surface area contributed by atoms with Crippen molar-refractivity contribution in [2.45, 2.75) is 31.8 Å². The summed E-state index contributed by atoms with van der Waals surface area (Å²) in [4.78, 5) is 6.54. The lowest BCUT2D eigenvalue weighted by Gasteiger charge is -2.31. The van der Waals surface area contributed by atoms with E-state index in [0.717, 1.165) is 44.2 Å². The molecule has 0 aliphatic carbocycles. The normalized spacial score (nSPS) is 17.3. The Balaban J connectivity index is 1.34. The van der Waals surface area contributed by atoms with Crippen LogP contribution < -0.4 is 11.1 Å². The lowest BCUT2D eigenvalue weighted by molar-refractivity contribution is 0.179. The third-order valence-corrected chi connectivity index (χ3v) is 3.89. The first kappa shape index (κ1) is 14.1. The van der Waals surface area contributed by atoms with Crippen LogP contribution in [0.1, 0.15) is 24.4 Å². The number of nitrogens with zero attached hydrogens (tertiary/aromatic N) is 3. The van der Waals surface area contributed by atoms with Crippen LogP contribution in [0.2, 0.25) is 0 Å². The van der Waals surface area contributed by atoms with E-state index in [2.05, 4.69) is 25.4 Å². The molecule has 7 heteroatoms. The SMILES string of the molecule is Nc1n[nH]c(CCNC2CCN(Cc3ccco3)CC2)n1. The van der Waals surface area contributed by atoms with E-state index in [1.807, 2.05) is 12.1 Å². The Kier molecular flexibility index (Phi) is 4.52.